The van der Waals surface area contributed by atoms with Gasteiger partial charge in [-0.3, -0.25) is 0 Å². The second kappa shape index (κ2) is 3.87. The largest absolute Gasteiger partial charge is 0.479 e. The Morgan fingerprint density at radius 2 is 2.13 bits per heavy atom. The number of hydrogen-bond acceptors (Lipinski definition) is 2. The number of carbonyl (C=O) groups is 1. The molecule has 1 aromatic carbocycles. The van der Waals surface area contributed by atoms with Crippen LogP contribution in [-0.2, 0) is 9.53 Å². The zero-order valence-electron chi connectivity index (χ0n) is 8.22. The fraction of sp³-hybridized carbons (Fsp3) is 0.250. The topological polar surface area (TPSA) is 49.8 Å². The summed E-state index contributed by atoms with van der Waals surface area (Å²) in [7, 11) is 0. The van der Waals surface area contributed by atoms with E-state index in [1.807, 2.05) is 42.5 Å². The van der Waals surface area contributed by atoms with E-state index in [-0.39, 0.29) is 0 Å². The van der Waals surface area contributed by atoms with Gasteiger partial charge in [0.2, 0.25) is 0 Å². The predicted octanol–water partition coefficient (Wildman–Crippen LogP) is 1.94. The Morgan fingerprint density at radius 3 is 2.67 bits per heavy atom. The zero-order valence-corrected chi connectivity index (χ0v) is 8.22. The highest BCUT2D eigenvalue weighted by molar-refractivity contribution is 5.80. The molecule has 0 radical (unpaired) electrons. The monoisotopic (exact) mass is 204 g/mol. The Balaban J connectivity index is 1.94. The van der Waals surface area contributed by atoms with Crippen molar-refractivity contribution in [2.24, 2.45) is 0 Å². The Morgan fingerprint density at radius 1 is 1.47 bits per heavy atom. The molecule has 1 fully saturated rings. The van der Waals surface area contributed by atoms with Gasteiger partial charge >= 0.3 is 5.97 Å². The normalized spacial score (nSPS) is 24.3. The number of ether oxygens (including phenoxy) is 1. The first-order valence-corrected chi connectivity index (χ1v) is 4.82. The molecule has 3 heteroatoms. The maximum absolute atomic E-state index is 10.8. The van der Waals surface area contributed by atoms with E-state index in [9.17, 15) is 4.79 Å². The van der Waals surface area contributed by atoms with Crippen molar-refractivity contribution in [1.82, 2.24) is 0 Å². The van der Waals surface area contributed by atoms with Crippen molar-refractivity contribution in [3.05, 3.63) is 42.0 Å². The lowest BCUT2D eigenvalue weighted by Crippen LogP contribution is -2.22. The van der Waals surface area contributed by atoms with Crippen LogP contribution in [-0.4, -0.2) is 23.3 Å². The summed E-state index contributed by atoms with van der Waals surface area (Å²) < 4.78 is 4.94. The number of rotatable bonds is 4. The molecule has 1 saturated heterocycles. The third kappa shape index (κ3) is 2.25. The van der Waals surface area contributed by atoms with Crippen molar-refractivity contribution in [2.45, 2.75) is 12.0 Å². The lowest BCUT2D eigenvalue weighted by Gasteiger charge is -2.00. The first-order valence-electron chi connectivity index (χ1n) is 4.82. The second-order valence-electron chi connectivity index (χ2n) is 3.61. The Labute approximate surface area is 88.0 Å². The molecule has 0 spiro atoms. The first-order chi connectivity index (χ1) is 7.23. The molecule has 15 heavy (non-hydrogen) atoms. The average molecular weight is 204 g/mol. The maximum atomic E-state index is 10.8. The molecule has 3 nitrogen and oxygen atoms in total. The summed E-state index contributed by atoms with van der Waals surface area (Å²) in [5.74, 6) is -0.875. The van der Waals surface area contributed by atoms with E-state index >= 15 is 0 Å². The number of carboxylic acids is 1. The van der Waals surface area contributed by atoms with Crippen LogP contribution in [0.2, 0.25) is 0 Å². The van der Waals surface area contributed by atoms with Gasteiger partial charge in [0, 0.05) is 6.42 Å². The molecule has 1 heterocycles. The molecule has 0 aliphatic carbocycles. The maximum Gasteiger partial charge on any atom is 0.338 e. The lowest BCUT2D eigenvalue weighted by molar-refractivity contribution is -0.143. The number of benzene rings is 1. The van der Waals surface area contributed by atoms with E-state index in [0.29, 0.717) is 13.0 Å². The summed E-state index contributed by atoms with van der Waals surface area (Å²) in [6.07, 6.45) is 4.18. The molecule has 0 bridgehead atoms. The molecule has 1 aliphatic heterocycles. The summed E-state index contributed by atoms with van der Waals surface area (Å²) in [5.41, 5.74) is 0.129. The molecule has 2 rings (SSSR count). The Kier molecular flexibility index (Phi) is 2.56. The fourth-order valence-corrected chi connectivity index (χ4v) is 1.37. The van der Waals surface area contributed by atoms with Gasteiger partial charge < -0.3 is 9.84 Å². The Bertz CT molecular complexity index is 377. The van der Waals surface area contributed by atoms with Crippen LogP contribution in [0.15, 0.2) is 36.4 Å². The van der Waals surface area contributed by atoms with E-state index in [1.165, 1.54) is 0 Å². The van der Waals surface area contributed by atoms with Crippen LogP contribution in [0.5, 0.6) is 0 Å². The van der Waals surface area contributed by atoms with Crippen molar-refractivity contribution in [1.29, 1.82) is 0 Å². The van der Waals surface area contributed by atoms with Crippen LogP contribution in [0, 0.1) is 0 Å². The Hall–Kier alpha value is -1.61. The van der Waals surface area contributed by atoms with Gasteiger partial charge in [0.25, 0.3) is 0 Å². The molecule has 1 N–H and O–H groups in total. The van der Waals surface area contributed by atoms with Crippen LogP contribution in [0.3, 0.4) is 0 Å². The second-order valence-corrected chi connectivity index (χ2v) is 3.61. The highest BCUT2D eigenvalue weighted by Crippen LogP contribution is 2.31. The molecule has 1 aliphatic rings. The molecule has 0 saturated carbocycles. The van der Waals surface area contributed by atoms with E-state index < -0.39 is 11.6 Å². The summed E-state index contributed by atoms with van der Waals surface area (Å²) in [6.45, 7) is 0.321. The number of aliphatic carboxylic acids is 1. The molecule has 0 amide bonds. The average Bonchev–Trinajstić information content (AvgIpc) is 3.01. The van der Waals surface area contributed by atoms with Crippen LogP contribution in [0.4, 0.5) is 0 Å². The first kappa shape index (κ1) is 9.93. The summed E-state index contributed by atoms with van der Waals surface area (Å²) in [5, 5.41) is 8.84. The highest BCUT2D eigenvalue weighted by atomic mass is 16.6. The van der Waals surface area contributed by atoms with Gasteiger partial charge in [-0.15, -0.1) is 0 Å². The zero-order chi connectivity index (χ0) is 10.7. The van der Waals surface area contributed by atoms with Crippen LogP contribution in [0.1, 0.15) is 12.0 Å². The van der Waals surface area contributed by atoms with Gasteiger partial charge in [-0.2, -0.15) is 0 Å². The van der Waals surface area contributed by atoms with E-state index in [1.54, 1.807) is 0 Å². The van der Waals surface area contributed by atoms with Gasteiger partial charge in [-0.1, -0.05) is 42.5 Å². The van der Waals surface area contributed by atoms with Gasteiger partial charge in [0.15, 0.2) is 5.60 Å². The number of hydrogen-bond donors (Lipinski definition) is 1. The molecule has 1 unspecified atom stereocenters. The van der Waals surface area contributed by atoms with Crippen LogP contribution in [0.25, 0.3) is 6.08 Å². The smallest absolute Gasteiger partial charge is 0.338 e. The van der Waals surface area contributed by atoms with Crippen molar-refractivity contribution in [3.63, 3.8) is 0 Å². The van der Waals surface area contributed by atoms with Gasteiger partial charge in [-0.05, 0) is 5.56 Å². The van der Waals surface area contributed by atoms with Gasteiger partial charge in [-0.25, -0.2) is 4.79 Å². The molecule has 1 atom stereocenters. The molecular weight excluding hydrogens is 192 g/mol. The van der Waals surface area contributed by atoms with E-state index in [0.717, 1.165) is 5.56 Å². The standard InChI is InChI=1S/C12H12O3/c13-11(14)12(9-15-12)8-4-7-10-5-2-1-3-6-10/h1-7H,8-9H2,(H,13,14). The van der Waals surface area contributed by atoms with Crippen LogP contribution >= 0.6 is 0 Å². The summed E-state index contributed by atoms with van der Waals surface area (Å²) >= 11 is 0. The quantitative estimate of drug-likeness (QED) is 0.762. The molecular formula is C12H12O3. The molecule has 1 aromatic rings. The van der Waals surface area contributed by atoms with Crippen molar-refractivity contribution in [3.8, 4) is 0 Å². The number of epoxide rings is 1. The summed E-state index contributed by atoms with van der Waals surface area (Å²) in [6, 6.07) is 9.77. The third-order valence-electron chi connectivity index (χ3n) is 2.44. The van der Waals surface area contributed by atoms with Crippen molar-refractivity contribution < 1.29 is 14.6 Å². The van der Waals surface area contributed by atoms with Crippen LogP contribution < -0.4 is 0 Å². The minimum absolute atomic E-state index is 0.321. The van der Waals surface area contributed by atoms with Crippen molar-refractivity contribution in [2.75, 3.05) is 6.61 Å². The fourth-order valence-electron chi connectivity index (χ4n) is 1.37. The number of carboxylic acid groups (broad SMARTS) is 1. The van der Waals surface area contributed by atoms with Crippen molar-refractivity contribution >= 4 is 12.0 Å². The SMILES string of the molecule is O=C(O)C1(CC=Cc2ccccc2)CO1. The highest BCUT2D eigenvalue weighted by Gasteiger charge is 2.51. The minimum atomic E-state index is -0.939. The minimum Gasteiger partial charge on any atom is -0.479 e. The van der Waals surface area contributed by atoms with E-state index in [2.05, 4.69) is 0 Å². The third-order valence-corrected chi connectivity index (χ3v) is 2.44. The summed E-state index contributed by atoms with van der Waals surface area (Å²) in [4.78, 5) is 10.8. The molecule has 78 valence electrons. The van der Waals surface area contributed by atoms with E-state index in [4.69, 9.17) is 9.84 Å². The van der Waals surface area contributed by atoms with Gasteiger partial charge in [0.05, 0.1) is 6.61 Å². The lowest BCUT2D eigenvalue weighted by atomic mass is 10.1. The molecule has 0 aromatic heterocycles. The predicted molar refractivity (Wildman–Crippen MR) is 56.4 cm³/mol. The van der Waals surface area contributed by atoms with Gasteiger partial charge in [0.1, 0.15) is 0 Å².